The van der Waals surface area contributed by atoms with Crippen molar-refractivity contribution in [3.8, 4) is 0 Å². The van der Waals surface area contributed by atoms with E-state index in [0.29, 0.717) is 43.3 Å². The maximum atomic E-state index is 13.1. The van der Waals surface area contributed by atoms with Gasteiger partial charge < -0.3 is 21.7 Å². The first-order chi connectivity index (χ1) is 16.6. The van der Waals surface area contributed by atoms with Crippen molar-refractivity contribution in [1.29, 1.82) is 0 Å². The van der Waals surface area contributed by atoms with Gasteiger partial charge in [0.25, 0.3) is 0 Å². The summed E-state index contributed by atoms with van der Waals surface area (Å²) in [4.78, 5) is 6.54. The number of aliphatic imine (C=N–C) groups is 1. The second-order valence-electron chi connectivity index (χ2n) is 8.72. The molecule has 0 amide bonds. The van der Waals surface area contributed by atoms with Gasteiger partial charge in [0.2, 0.25) is 0 Å². The van der Waals surface area contributed by atoms with Crippen LogP contribution in [0.4, 0.5) is 18.9 Å². The molecule has 0 aliphatic carbocycles. The molecule has 1 fully saturated rings. The average Bonchev–Trinajstić information content (AvgIpc) is 2.81. The molecule has 0 aromatic heterocycles. The first-order valence-electron chi connectivity index (χ1n) is 11.3. The van der Waals surface area contributed by atoms with Crippen molar-refractivity contribution in [2.45, 2.75) is 39.4 Å². The maximum Gasteiger partial charge on any atom is 0.416 e. The molecule has 1 saturated heterocycles. The summed E-state index contributed by atoms with van der Waals surface area (Å²) in [5.74, 6) is 0.837. The number of alkyl halides is 3. The van der Waals surface area contributed by atoms with Gasteiger partial charge in [0.05, 0.1) is 11.3 Å². The molecule has 1 heterocycles. The van der Waals surface area contributed by atoms with E-state index in [2.05, 4.69) is 20.8 Å². The van der Waals surface area contributed by atoms with Gasteiger partial charge in [0, 0.05) is 43.2 Å². The van der Waals surface area contributed by atoms with Crippen LogP contribution in [0.5, 0.6) is 0 Å². The molecule has 2 aromatic carbocycles. The zero-order valence-corrected chi connectivity index (χ0v) is 20.2. The normalized spacial score (nSPS) is 17.3. The topological polar surface area (TPSA) is 104 Å². The summed E-state index contributed by atoms with van der Waals surface area (Å²) in [5, 5.41) is 7.58. The second-order valence-corrected chi connectivity index (χ2v) is 8.72. The van der Waals surface area contributed by atoms with Crippen LogP contribution in [0, 0.1) is 6.92 Å². The minimum atomic E-state index is -4.36. The highest BCUT2D eigenvalue weighted by Crippen LogP contribution is 2.30. The Kier molecular flexibility index (Phi) is 8.39. The minimum Gasteiger partial charge on any atom is -0.402 e. The number of nitrogens with one attached hydrogen (secondary N) is 2. The van der Waals surface area contributed by atoms with Crippen molar-refractivity contribution in [1.82, 2.24) is 10.2 Å². The third-order valence-electron chi connectivity index (χ3n) is 5.62. The summed E-state index contributed by atoms with van der Waals surface area (Å²) >= 11 is 0. The van der Waals surface area contributed by atoms with Crippen molar-refractivity contribution < 1.29 is 13.2 Å². The molecular weight excluding hydrogens is 455 g/mol. The number of hydrazone groups is 1. The Bertz CT molecular complexity index is 1120. The maximum absolute atomic E-state index is 13.1. The summed E-state index contributed by atoms with van der Waals surface area (Å²) in [6, 6.07) is 11.0. The lowest BCUT2D eigenvalue weighted by Gasteiger charge is -2.35. The van der Waals surface area contributed by atoms with Crippen LogP contribution in [0.2, 0.25) is 0 Å². The van der Waals surface area contributed by atoms with Crippen LogP contribution in [0.25, 0.3) is 0 Å². The molecule has 1 aliphatic rings. The highest BCUT2D eigenvalue weighted by atomic mass is 19.4. The van der Waals surface area contributed by atoms with Gasteiger partial charge in [-0.3, -0.25) is 5.43 Å². The molecule has 1 atom stereocenters. The van der Waals surface area contributed by atoms with E-state index in [1.807, 2.05) is 43.9 Å². The summed E-state index contributed by atoms with van der Waals surface area (Å²) in [7, 11) is 0. The molecule has 0 spiro atoms. The number of nitrogens with two attached hydrogens (primary N) is 2. The number of nitrogens with zero attached hydrogens (tertiary/aromatic N) is 3. The first kappa shape index (κ1) is 26.1. The number of aryl methyl sites for hydroxylation is 1. The molecule has 0 saturated carbocycles. The lowest BCUT2D eigenvalue weighted by Crippen LogP contribution is -2.51. The summed E-state index contributed by atoms with van der Waals surface area (Å²) in [6.07, 6.45) is -2.51. The van der Waals surface area contributed by atoms with Crippen LogP contribution in [-0.4, -0.2) is 42.1 Å². The molecule has 188 valence electrons. The van der Waals surface area contributed by atoms with Gasteiger partial charge in [-0.05, 0) is 62.6 Å². The second kappa shape index (κ2) is 11.3. The average molecular weight is 488 g/mol. The summed E-state index contributed by atoms with van der Waals surface area (Å²) < 4.78 is 39.2. The summed E-state index contributed by atoms with van der Waals surface area (Å²) in [6.45, 7) is 7.59. The standard InChI is InChI=1S/C25H32F3N7/c1-16(2)33-34-22-8-7-19(11-17(22)3)24(30)32-23(14-29)35-10-9-31-21(15-35)13-18-5-4-6-20(12-18)25(26,27)28/h4-8,11-12,14,21,31,34H,9-10,13,15,29H2,1-3H3,(H2,30,32)/b23-14+. The third-order valence-corrected chi connectivity index (χ3v) is 5.62. The third kappa shape index (κ3) is 7.22. The van der Waals surface area contributed by atoms with E-state index in [9.17, 15) is 13.2 Å². The predicted molar refractivity (Wildman–Crippen MR) is 135 cm³/mol. The molecule has 35 heavy (non-hydrogen) atoms. The number of amidine groups is 1. The SMILES string of the molecule is CC(C)=NNc1ccc(/C(N)=N/C(=C\N)N2CCNC(Cc3cccc(C(F)(F)F)c3)C2)cc1C. The zero-order valence-electron chi connectivity index (χ0n) is 20.2. The van der Waals surface area contributed by atoms with Gasteiger partial charge in [0.1, 0.15) is 11.7 Å². The molecular formula is C25H32F3N7. The molecule has 1 aliphatic heterocycles. The van der Waals surface area contributed by atoms with E-state index >= 15 is 0 Å². The van der Waals surface area contributed by atoms with Gasteiger partial charge in [-0.2, -0.15) is 18.3 Å². The van der Waals surface area contributed by atoms with Crippen LogP contribution in [0.1, 0.15) is 36.1 Å². The smallest absolute Gasteiger partial charge is 0.402 e. The monoisotopic (exact) mass is 487 g/mol. The van der Waals surface area contributed by atoms with Crippen LogP contribution in [0.15, 0.2) is 64.6 Å². The van der Waals surface area contributed by atoms with Crippen molar-refractivity contribution in [3.63, 3.8) is 0 Å². The van der Waals surface area contributed by atoms with Crippen molar-refractivity contribution in [2.24, 2.45) is 21.6 Å². The van der Waals surface area contributed by atoms with E-state index in [1.54, 1.807) is 6.07 Å². The van der Waals surface area contributed by atoms with E-state index in [-0.39, 0.29) is 6.04 Å². The van der Waals surface area contributed by atoms with Crippen LogP contribution in [0.3, 0.4) is 0 Å². The van der Waals surface area contributed by atoms with E-state index < -0.39 is 11.7 Å². The van der Waals surface area contributed by atoms with Gasteiger partial charge in [0.15, 0.2) is 0 Å². The Morgan fingerprint density at radius 2 is 2.00 bits per heavy atom. The number of benzene rings is 2. The van der Waals surface area contributed by atoms with Crippen molar-refractivity contribution in [2.75, 3.05) is 25.1 Å². The Hall–Kier alpha value is -3.53. The Labute approximate surface area is 203 Å². The lowest BCUT2D eigenvalue weighted by atomic mass is 10.0. The Morgan fingerprint density at radius 1 is 1.23 bits per heavy atom. The fourth-order valence-corrected chi connectivity index (χ4v) is 3.85. The van der Waals surface area contributed by atoms with Crippen molar-refractivity contribution >= 4 is 17.2 Å². The van der Waals surface area contributed by atoms with Gasteiger partial charge in [-0.15, -0.1) is 0 Å². The molecule has 7 nitrogen and oxygen atoms in total. The fraction of sp³-hybridized carbons (Fsp3) is 0.360. The fourth-order valence-electron chi connectivity index (χ4n) is 3.85. The van der Waals surface area contributed by atoms with Gasteiger partial charge >= 0.3 is 6.18 Å². The number of halogens is 3. The van der Waals surface area contributed by atoms with Crippen LogP contribution < -0.4 is 22.2 Å². The molecule has 0 radical (unpaired) electrons. The zero-order chi connectivity index (χ0) is 25.6. The molecule has 3 rings (SSSR count). The van der Waals surface area contributed by atoms with Crippen LogP contribution in [-0.2, 0) is 12.6 Å². The number of hydrogen-bond acceptors (Lipinski definition) is 6. The highest BCUT2D eigenvalue weighted by molar-refractivity contribution is 5.98. The molecule has 2 aromatic rings. The molecule has 10 heteroatoms. The van der Waals surface area contributed by atoms with Gasteiger partial charge in [-0.1, -0.05) is 18.2 Å². The first-order valence-corrected chi connectivity index (χ1v) is 11.3. The number of hydrogen-bond donors (Lipinski definition) is 4. The van der Waals surface area contributed by atoms with Crippen molar-refractivity contribution in [3.05, 3.63) is 76.7 Å². The van der Waals surface area contributed by atoms with Crippen LogP contribution >= 0.6 is 0 Å². The Balaban J connectivity index is 1.71. The number of anilines is 1. The van der Waals surface area contributed by atoms with E-state index in [0.717, 1.165) is 28.6 Å². The number of piperazine rings is 1. The summed E-state index contributed by atoms with van der Waals surface area (Å²) in [5.41, 5.74) is 18.7. The lowest BCUT2D eigenvalue weighted by molar-refractivity contribution is -0.137. The largest absolute Gasteiger partial charge is 0.416 e. The predicted octanol–water partition coefficient (Wildman–Crippen LogP) is 3.80. The quantitative estimate of drug-likeness (QED) is 0.270. The molecule has 0 bridgehead atoms. The minimum absolute atomic E-state index is 0.0613. The highest BCUT2D eigenvalue weighted by Gasteiger charge is 2.30. The Morgan fingerprint density at radius 3 is 2.66 bits per heavy atom. The van der Waals surface area contributed by atoms with E-state index in [4.69, 9.17) is 11.5 Å². The molecule has 6 N–H and O–H groups in total. The van der Waals surface area contributed by atoms with E-state index in [1.165, 1.54) is 18.3 Å². The van der Waals surface area contributed by atoms with Gasteiger partial charge in [-0.25, -0.2) is 4.99 Å². The number of rotatable bonds is 7. The molecule has 1 unspecified atom stereocenters.